The second kappa shape index (κ2) is 6.67. The molecule has 0 unspecified atom stereocenters. The third kappa shape index (κ3) is 2.90. The highest BCUT2D eigenvalue weighted by Crippen LogP contribution is 2.29. The molecular formula is C22H19N7. The van der Waals surface area contributed by atoms with Crippen molar-refractivity contribution in [1.82, 2.24) is 24.6 Å². The molecule has 0 saturated heterocycles. The number of aromatic nitrogens is 5. The van der Waals surface area contributed by atoms with Crippen molar-refractivity contribution in [3.63, 3.8) is 0 Å². The van der Waals surface area contributed by atoms with Gasteiger partial charge < -0.3 is 9.30 Å². The van der Waals surface area contributed by atoms with E-state index < -0.39 is 0 Å². The summed E-state index contributed by atoms with van der Waals surface area (Å²) in [6.45, 7) is 5.49. The fourth-order valence-corrected chi connectivity index (χ4v) is 3.85. The summed E-state index contributed by atoms with van der Waals surface area (Å²) < 4.78 is 2.01. The van der Waals surface area contributed by atoms with Crippen LogP contribution in [0.25, 0.3) is 16.8 Å². The first-order chi connectivity index (χ1) is 14.1. The molecule has 0 aliphatic carbocycles. The first-order valence-corrected chi connectivity index (χ1v) is 9.54. The van der Waals surface area contributed by atoms with Crippen molar-refractivity contribution in [2.45, 2.75) is 26.8 Å². The molecule has 4 aromatic rings. The first kappa shape index (κ1) is 17.3. The molecule has 5 heterocycles. The molecule has 7 nitrogen and oxygen atoms in total. The molecule has 0 aromatic carbocycles. The van der Waals surface area contributed by atoms with Crippen LogP contribution in [0.3, 0.4) is 0 Å². The lowest BCUT2D eigenvalue weighted by Gasteiger charge is -2.30. The van der Waals surface area contributed by atoms with Crippen LogP contribution >= 0.6 is 0 Å². The van der Waals surface area contributed by atoms with Gasteiger partial charge in [0.2, 0.25) is 0 Å². The second-order valence-corrected chi connectivity index (χ2v) is 7.35. The van der Waals surface area contributed by atoms with Crippen LogP contribution in [0.1, 0.15) is 28.1 Å². The summed E-state index contributed by atoms with van der Waals surface area (Å²) in [5.41, 5.74) is 7.73. The van der Waals surface area contributed by atoms with Crippen LogP contribution in [0.15, 0.2) is 43.0 Å². The van der Waals surface area contributed by atoms with Crippen molar-refractivity contribution in [3.05, 3.63) is 71.1 Å². The minimum Gasteiger partial charge on any atom is -0.350 e. The molecule has 1 aliphatic heterocycles. The number of fused-ring (bicyclic) bond motifs is 2. The fourth-order valence-electron chi connectivity index (χ4n) is 3.85. The summed E-state index contributed by atoms with van der Waals surface area (Å²) in [5, 5.41) is 17.6. The molecule has 0 saturated carbocycles. The standard InChI is InChI=1S/C22H19N7/c1-14-15(2)22(27-26-20(14)10-23)29-7-5-19-18(13-29)9-17(11-25-19)16-3-4-21-24-6-8-28(21)12-16/h3-4,6,8-9,11-12H,5,7,13H2,1-2H3. The van der Waals surface area contributed by atoms with E-state index in [1.54, 1.807) is 6.20 Å². The Labute approximate surface area is 168 Å². The predicted molar refractivity (Wildman–Crippen MR) is 109 cm³/mol. The fraction of sp³-hybridized carbons (Fsp3) is 0.227. The summed E-state index contributed by atoms with van der Waals surface area (Å²) >= 11 is 0. The number of hydrogen-bond donors (Lipinski definition) is 0. The van der Waals surface area contributed by atoms with Crippen LogP contribution in [-0.4, -0.2) is 31.1 Å². The minimum atomic E-state index is 0.391. The maximum Gasteiger partial charge on any atom is 0.166 e. The third-order valence-corrected chi connectivity index (χ3v) is 5.66. The molecule has 1 aliphatic rings. The molecule has 4 aromatic heterocycles. The third-order valence-electron chi connectivity index (χ3n) is 5.66. The maximum absolute atomic E-state index is 9.19. The van der Waals surface area contributed by atoms with Gasteiger partial charge in [-0.2, -0.15) is 5.26 Å². The summed E-state index contributed by atoms with van der Waals surface area (Å²) in [7, 11) is 0. The topological polar surface area (TPSA) is 83.0 Å². The van der Waals surface area contributed by atoms with Gasteiger partial charge in [0.05, 0.1) is 0 Å². The zero-order valence-electron chi connectivity index (χ0n) is 16.3. The van der Waals surface area contributed by atoms with Crippen molar-refractivity contribution < 1.29 is 0 Å². The van der Waals surface area contributed by atoms with Gasteiger partial charge in [-0.1, -0.05) is 0 Å². The smallest absolute Gasteiger partial charge is 0.166 e. The monoisotopic (exact) mass is 381 g/mol. The number of rotatable bonds is 2. The molecule has 5 rings (SSSR count). The average molecular weight is 381 g/mol. The molecular weight excluding hydrogens is 362 g/mol. The van der Waals surface area contributed by atoms with Crippen molar-refractivity contribution in [1.29, 1.82) is 5.26 Å². The lowest BCUT2D eigenvalue weighted by Crippen LogP contribution is -2.32. The van der Waals surface area contributed by atoms with Gasteiger partial charge in [-0.25, -0.2) is 4.98 Å². The Morgan fingerprint density at radius 2 is 1.97 bits per heavy atom. The van der Waals surface area contributed by atoms with E-state index in [-0.39, 0.29) is 0 Å². The SMILES string of the molecule is Cc1c(C#N)nnc(N2CCc3ncc(-c4ccc5nccn5c4)cc3C2)c1C. The van der Waals surface area contributed by atoms with Crippen LogP contribution in [0.4, 0.5) is 5.82 Å². The molecule has 0 bridgehead atoms. The number of pyridine rings is 2. The van der Waals surface area contributed by atoms with Crippen molar-refractivity contribution in [3.8, 4) is 17.2 Å². The van der Waals surface area contributed by atoms with E-state index in [1.165, 1.54) is 5.56 Å². The van der Waals surface area contributed by atoms with E-state index in [9.17, 15) is 5.26 Å². The van der Waals surface area contributed by atoms with Crippen molar-refractivity contribution in [2.24, 2.45) is 0 Å². The molecule has 0 spiro atoms. The normalized spacial score (nSPS) is 13.3. The Balaban J connectivity index is 1.49. The molecule has 0 N–H and O–H groups in total. The molecule has 0 radical (unpaired) electrons. The number of nitriles is 1. The van der Waals surface area contributed by atoms with Crippen LogP contribution in [-0.2, 0) is 13.0 Å². The zero-order chi connectivity index (χ0) is 20.0. The second-order valence-electron chi connectivity index (χ2n) is 7.35. The van der Waals surface area contributed by atoms with Crippen LogP contribution in [0.2, 0.25) is 0 Å². The van der Waals surface area contributed by atoms with Gasteiger partial charge >= 0.3 is 0 Å². The van der Waals surface area contributed by atoms with Gasteiger partial charge in [0.25, 0.3) is 0 Å². The van der Waals surface area contributed by atoms with E-state index >= 15 is 0 Å². The molecule has 142 valence electrons. The van der Waals surface area contributed by atoms with E-state index in [0.29, 0.717) is 5.69 Å². The Kier molecular flexibility index (Phi) is 3.98. The highest BCUT2D eigenvalue weighted by Gasteiger charge is 2.22. The molecule has 29 heavy (non-hydrogen) atoms. The van der Waals surface area contributed by atoms with E-state index in [4.69, 9.17) is 4.98 Å². The van der Waals surface area contributed by atoms with Crippen molar-refractivity contribution in [2.75, 3.05) is 11.4 Å². The van der Waals surface area contributed by atoms with Gasteiger partial charge in [0.15, 0.2) is 11.5 Å². The lowest BCUT2D eigenvalue weighted by molar-refractivity contribution is 0.692. The number of anilines is 1. The molecule has 0 amide bonds. The highest BCUT2D eigenvalue weighted by molar-refractivity contribution is 5.65. The van der Waals surface area contributed by atoms with Gasteiger partial charge in [0.1, 0.15) is 11.7 Å². The largest absolute Gasteiger partial charge is 0.350 e. The zero-order valence-corrected chi connectivity index (χ0v) is 16.3. The predicted octanol–water partition coefficient (Wildman–Crippen LogP) is 3.24. The van der Waals surface area contributed by atoms with Gasteiger partial charge in [-0.15, -0.1) is 10.2 Å². The maximum atomic E-state index is 9.19. The molecule has 7 heteroatoms. The van der Waals surface area contributed by atoms with E-state index in [1.807, 2.05) is 36.7 Å². The number of imidazole rings is 1. The minimum absolute atomic E-state index is 0.391. The Morgan fingerprint density at radius 3 is 2.83 bits per heavy atom. The Bertz CT molecular complexity index is 1280. The lowest BCUT2D eigenvalue weighted by atomic mass is 10.0. The molecule has 0 fully saturated rings. The summed E-state index contributed by atoms with van der Waals surface area (Å²) in [6, 6.07) is 8.41. The summed E-state index contributed by atoms with van der Waals surface area (Å²) in [5.74, 6) is 0.845. The summed E-state index contributed by atoms with van der Waals surface area (Å²) in [6.07, 6.45) is 8.62. The van der Waals surface area contributed by atoms with E-state index in [2.05, 4.69) is 44.5 Å². The summed E-state index contributed by atoms with van der Waals surface area (Å²) in [4.78, 5) is 11.3. The van der Waals surface area contributed by atoms with Gasteiger partial charge in [0, 0.05) is 61.1 Å². The number of hydrogen-bond acceptors (Lipinski definition) is 6. The van der Waals surface area contributed by atoms with Gasteiger partial charge in [-0.3, -0.25) is 4.98 Å². The van der Waals surface area contributed by atoms with Crippen LogP contribution < -0.4 is 4.90 Å². The van der Waals surface area contributed by atoms with Gasteiger partial charge in [-0.05, 0) is 48.7 Å². The van der Waals surface area contributed by atoms with Crippen LogP contribution in [0, 0.1) is 25.2 Å². The number of nitrogens with zero attached hydrogens (tertiary/aromatic N) is 7. The van der Waals surface area contributed by atoms with E-state index in [0.717, 1.165) is 58.9 Å². The Morgan fingerprint density at radius 1 is 1.07 bits per heavy atom. The highest BCUT2D eigenvalue weighted by atomic mass is 15.3. The first-order valence-electron chi connectivity index (χ1n) is 9.54. The average Bonchev–Trinajstić information content (AvgIpc) is 3.23. The Hall–Kier alpha value is -3.79. The molecule has 0 atom stereocenters. The van der Waals surface area contributed by atoms with Crippen molar-refractivity contribution >= 4 is 11.5 Å². The van der Waals surface area contributed by atoms with Crippen LogP contribution in [0.5, 0.6) is 0 Å². The quantitative estimate of drug-likeness (QED) is 0.530.